The van der Waals surface area contributed by atoms with Gasteiger partial charge in [0, 0.05) is 12.1 Å². The largest absolute Gasteiger partial charge is 0.311 e. The van der Waals surface area contributed by atoms with E-state index in [4.69, 9.17) is 10.5 Å². The maximum Gasteiger partial charge on any atom is 0.269 e. The molecule has 0 unspecified atom stereocenters. The maximum absolute atomic E-state index is 11.7. The van der Waals surface area contributed by atoms with E-state index < -0.39 is 10.5 Å². The normalized spacial score (nSPS) is 10.7. The summed E-state index contributed by atoms with van der Waals surface area (Å²) in [6, 6.07) is 9.08. The van der Waals surface area contributed by atoms with Crippen molar-refractivity contribution in [3.05, 3.63) is 59.5 Å². The lowest BCUT2D eigenvalue weighted by molar-refractivity contribution is -0.384. The van der Waals surface area contributed by atoms with Gasteiger partial charge in [-0.2, -0.15) is 10.5 Å². The molecule has 0 amide bonds. The molecule has 1 aromatic heterocycles. The van der Waals surface area contributed by atoms with Gasteiger partial charge in [-0.05, 0) is 23.8 Å². The molecule has 0 aliphatic heterocycles. The number of H-pyrrole nitrogens is 1. The molecule has 0 bridgehead atoms. The van der Waals surface area contributed by atoms with Crippen molar-refractivity contribution in [2.75, 3.05) is 0 Å². The zero-order valence-corrected chi connectivity index (χ0v) is 11.2. The van der Waals surface area contributed by atoms with E-state index in [0.29, 0.717) is 10.1 Å². The van der Waals surface area contributed by atoms with Gasteiger partial charge in [-0.15, -0.1) is 11.3 Å². The highest BCUT2D eigenvalue weighted by molar-refractivity contribution is 7.07. The van der Waals surface area contributed by atoms with E-state index in [9.17, 15) is 14.9 Å². The zero-order valence-electron chi connectivity index (χ0n) is 10.4. The fraction of sp³-hybridized carbons (Fsp3) is 0. The number of hydrogen-bond donors (Lipinski definition) is 1. The number of non-ortho nitro benzene ring substituents is 1. The van der Waals surface area contributed by atoms with Gasteiger partial charge in [-0.1, -0.05) is 0 Å². The predicted molar refractivity (Wildman–Crippen MR) is 75.5 cm³/mol. The molecule has 0 radical (unpaired) electrons. The first-order valence-corrected chi connectivity index (χ1v) is 6.36. The summed E-state index contributed by atoms with van der Waals surface area (Å²) in [4.78, 5) is 24.2. The van der Waals surface area contributed by atoms with E-state index >= 15 is 0 Å². The number of nitriles is 2. The molecule has 0 fully saturated rings. The van der Waals surface area contributed by atoms with Crippen molar-refractivity contribution >= 4 is 28.7 Å². The third-order valence-electron chi connectivity index (χ3n) is 2.52. The Bertz CT molecular complexity index is 939. The number of hydrogen-bond acceptors (Lipinski definition) is 6. The molecule has 21 heavy (non-hydrogen) atoms. The molecule has 2 aromatic rings. The summed E-state index contributed by atoms with van der Waals surface area (Å²) in [5.74, 6) is 0. The van der Waals surface area contributed by atoms with Crippen LogP contribution >= 0.6 is 11.3 Å². The number of nitrogens with one attached hydrogen (secondary N) is 1. The minimum absolute atomic E-state index is 0.0440. The van der Waals surface area contributed by atoms with Crippen molar-refractivity contribution in [1.82, 2.24) is 4.98 Å². The lowest BCUT2D eigenvalue weighted by Crippen LogP contribution is -2.20. The topological polar surface area (TPSA) is 124 Å². The minimum Gasteiger partial charge on any atom is -0.311 e. The van der Waals surface area contributed by atoms with Crippen molar-refractivity contribution in [2.24, 2.45) is 0 Å². The number of thiazole rings is 1. The highest BCUT2D eigenvalue weighted by Crippen LogP contribution is 2.11. The van der Waals surface area contributed by atoms with E-state index in [1.807, 2.05) is 0 Å². The van der Waals surface area contributed by atoms with Gasteiger partial charge >= 0.3 is 0 Å². The Morgan fingerprint density at radius 1 is 1.29 bits per heavy atom. The number of benzene rings is 1. The lowest BCUT2D eigenvalue weighted by Gasteiger charge is -1.92. The van der Waals surface area contributed by atoms with Gasteiger partial charge < -0.3 is 4.98 Å². The van der Waals surface area contributed by atoms with E-state index in [1.54, 1.807) is 12.1 Å². The molecule has 0 saturated heterocycles. The van der Waals surface area contributed by atoms with Crippen LogP contribution in [0.5, 0.6) is 0 Å². The molecule has 8 heteroatoms. The quantitative estimate of drug-likeness (QED) is 0.633. The first-order chi connectivity index (χ1) is 10.0. The van der Waals surface area contributed by atoms with Crippen molar-refractivity contribution in [2.45, 2.75) is 0 Å². The first-order valence-electron chi connectivity index (χ1n) is 5.55. The van der Waals surface area contributed by atoms with Gasteiger partial charge in [0.15, 0.2) is 5.57 Å². The Labute approximate surface area is 121 Å². The average molecular weight is 298 g/mol. The molecule has 0 atom stereocenters. The van der Waals surface area contributed by atoms with Crippen LogP contribution < -0.4 is 14.8 Å². The Morgan fingerprint density at radius 2 is 1.90 bits per heavy atom. The molecule has 2 rings (SSSR count). The van der Waals surface area contributed by atoms with Crippen LogP contribution in [0.3, 0.4) is 0 Å². The molecule has 1 heterocycles. The Morgan fingerprint density at radius 3 is 2.43 bits per heavy atom. The summed E-state index contributed by atoms with van der Waals surface area (Å²) in [6.07, 6.45) is 1.53. The van der Waals surface area contributed by atoms with E-state index in [0.717, 1.165) is 11.3 Å². The SMILES string of the molecule is N#CC(C#N)=c1[nH]c(=O)/c(=C/c2ccc([N+](=O)[O-])cc2)s1. The summed E-state index contributed by atoms with van der Waals surface area (Å²) in [6.45, 7) is 0. The van der Waals surface area contributed by atoms with Gasteiger partial charge in [0.05, 0.1) is 9.46 Å². The van der Waals surface area contributed by atoms with Crippen LogP contribution in [0.25, 0.3) is 11.6 Å². The molecule has 102 valence electrons. The van der Waals surface area contributed by atoms with Crippen LogP contribution in [-0.2, 0) is 0 Å². The van der Waals surface area contributed by atoms with Crippen LogP contribution in [-0.4, -0.2) is 9.91 Å². The molecular weight excluding hydrogens is 292 g/mol. The number of nitro groups is 1. The predicted octanol–water partition coefficient (Wildman–Crippen LogP) is 0.371. The van der Waals surface area contributed by atoms with Gasteiger partial charge in [0.25, 0.3) is 11.2 Å². The van der Waals surface area contributed by atoms with Crippen molar-refractivity contribution in [3.63, 3.8) is 0 Å². The fourth-order valence-corrected chi connectivity index (χ4v) is 2.42. The number of nitro benzene ring substituents is 1. The van der Waals surface area contributed by atoms with Crippen LogP contribution in [0.15, 0.2) is 29.1 Å². The second kappa shape index (κ2) is 5.82. The van der Waals surface area contributed by atoms with Gasteiger partial charge in [-0.25, -0.2) is 0 Å². The molecule has 0 aliphatic carbocycles. The highest BCUT2D eigenvalue weighted by atomic mass is 32.1. The van der Waals surface area contributed by atoms with E-state index in [2.05, 4.69) is 4.98 Å². The number of rotatable bonds is 2. The standard InChI is InChI=1S/C13H6N4O3S/c14-6-9(7-15)13-16-12(18)11(21-13)5-8-1-3-10(4-2-8)17(19)20/h1-5H,(H,16,18)/b11-5-. The Kier molecular flexibility index (Phi) is 3.93. The number of aromatic amines is 1. The number of nitrogens with zero attached hydrogens (tertiary/aromatic N) is 3. The van der Waals surface area contributed by atoms with Crippen molar-refractivity contribution < 1.29 is 4.92 Å². The monoisotopic (exact) mass is 298 g/mol. The van der Waals surface area contributed by atoms with Crippen molar-refractivity contribution in [3.8, 4) is 12.1 Å². The summed E-state index contributed by atoms with van der Waals surface area (Å²) in [5, 5.41) is 28.1. The summed E-state index contributed by atoms with van der Waals surface area (Å²) >= 11 is 0.983. The van der Waals surface area contributed by atoms with Crippen LogP contribution in [0.2, 0.25) is 0 Å². The third-order valence-corrected chi connectivity index (χ3v) is 3.55. The molecular formula is C13H6N4O3S. The molecule has 0 saturated carbocycles. The zero-order chi connectivity index (χ0) is 15.4. The van der Waals surface area contributed by atoms with Crippen molar-refractivity contribution in [1.29, 1.82) is 10.5 Å². The van der Waals surface area contributed by atoms with Crippen LogP contribution in [0.4, 0.5) is 5.69 Å². The summed E-state index contributed by atoms with van der Waals surface area (Å²) in [5.41, 5.74) is -0.0238. The summed E-state index contributed by atoms with van der Waals surface area (Å²) in [7, 11) is 0. The Balaban J connectivity index is 2.56. The van der Waals surface area contributed by atoms with Gasteiger partial charge in [0.1, 0.15) is 16.8 Å². The highest BCUT2D eigenvalue weighted by Gasteiger charge is 2.04. The smallest absolute Gasteiger partial charge is 0.269 e. The molecule has 7 nitrogen and oxygen atoms in total. The second-order valence-corrected chi connectivity index (χ2v) is 4.89. The van der Waals surface area contributed by atoms with E-state index in [1.165, 1.54) is 30.3 Å². The second-order valence-electron chi connectivity index (χ2n) is 3.84. The Hall–Kier alpha value is -3.23. The molecule has 1 aromatic carbocycles. The lowest BCUT2D eigenvalue weighted by atomic mass is 10.2. The molecule has 0 spiro atoms. The third kappa shape index (κ3) is 3.03. The number of aromatic nitrogens is 1. The molecule has 0 aliphatic rings. The first kappa shape index (κ1) is 14.2. The van der Waals surface area contributed by atoms with Crippen LogP contribution in [0, 0.1) is 32.8 Å². The maximum atomic E-state index is 11.7. The van der Waals surface area contributed by atoms with Gasteiger partial charge in [-0.3, -0.25) is 14.9 Å². The van der Waals surface area contributed by atoms with E-state index in [-0.39, 0.29) is 15.9 Å². The van der Waals surface area contributed by atoms with Gasteiger partial charge in [0.2, 0.25) is 0 Å². The summed E-state index contributed by atoms with van der Waals surface area (Å²) < 4.78 is 0.500. The van der Waals surface area contributed by atoms with Crippen LogP contribution in [0.1, 0.15) is 5.56 Å². The average Bonchev–Trinajstić information content (AvgIpc) is 2.82. The fourth-order valence-electron chi connectivity index (χ4n) is 1.53. The molecule has 1 N–H and O–H groups in total. The minimum atomic E-state index is -0.513.